The molecule has 1 heterocycles. The molecule has 0 fully saturated rings. The van der Waals surface area contributed by atoms with E-state index in [0.29, 0.717) is 6.61 Å². The molecule has 5 heteroatoms. The summed E-state index contributed by atoms with van der Waals surface area (Å²) in [7, 11) is 0. The van der Waals surface area contributed by atoms with E-state index in [2.05, 4.69) is 0 Å². The average Bonchev–Trinajstić information content (AvgIpc) is 2.17. The molecular formula is C9H7FO4. The van der Waals surface area contributed by atoms with Gasteiger partial charge in [-0.05, 0) is 12.1 Å². The first-order valence-corrected chi connectivity index (χ1v) is 4.01. The zero-order valence-corrected chi connectivity index (χ0v) is 7.12. The highest BCUT2D eigenvalue weighted by Gasteiger charge is 2.19. The minimum absolute atomic E-state index is 0.0127. The Morgan fingerprint density at radius 2 is 2.07 bits per heavy atom. The van der Waals surface area contributed by atoms with Crippen LogP contribution in [0.1, 0.15) is 10.4 Å². The number of halogens is 1. The first kappa shape index (κ1) is 8.80. The second-order valence-electron chi connectivity index (χ2n) is 2.79. The van der Waals surface area contributed by atoms with Gasteiger partial charge in [0, 0.05) is 0 Å². The second kappa shape index (κ2) is 3.17. The van der Waals surface area contributed by atoms with Crippen LogP contribution in [0.4, 0.5) is 4.39 Å². The molecule has 4 nitrogen and oxygen atoms in total. The van der Waals surface area contributed by atoms with Gasteiger partial charge in [0.05, 0.1) is 5.56 Å². The van der Waals surface area contributed by atoms with Crippen LogP contribution in [-0.4, -0.2) is 24.3 Å². The molecule has 1 aliphatic heterocycles. The number of carbonyl (C=O) groups is 1. The number of carboxylic acid groups (broad SMARTS) is 1. The quantitative estimate of drug-likeness (QED) is 0.738. The average molecular weight is 198 g/mol. The van der Waals surface area contributed by atoms with Crippen LogP contribution < -0.4 is 9.47 Å². The van der Waals surface area contributed by atoms with E-state index in [4.69, 9.17) is 14.6 Å². The van der Waals surface area contributed by atoms with Crippen molar-refractivity contribution in [2.24, 2.45) is 0 Å². The lowest BCUT2D eigenvalue weighted by molar-refractivity contribution is 0.0694. The molecule has 1 aromatic carbocycles. The van der Waals surface area contributed by atoms with Gasteiger partial charge in [0.15, 0.2) is 17.3 Å². The third-order valence-corrected chi connectivity index (χ3v) is 1.84. The molecule has 1 N–H and O–H groups in total. The van der Waals surface area contributed by atoms with Crippen LogP contribution in [0.25, 0.3) is 0 Å². The summed E-state index contributed by atoms with van der Waals surface area (Å²) in [6.07, 6.45) is 0. The highest BCUT2D eigenvalue weighted by molar-refractivity contribution is 5.88. The molecule has 1 aliphatic rings. The van der Waals surface area contributed by atoms with Crippen LogP contribution in [0.15, 0.2) is 12.1 Å². The maximum atomic E-state index is 13.2. The molecule has 0 aliphatic carbocycles. The van der Waals surface area contributed by atoms with E-state index in [-0.39, 0.29) is 23.7 Å². The number of carboxylic acids is 1. The van der Waals surface area contributed by atoms with Gasteiger partial charge in [0.1, 0.15) is 13.2 Å². The summed E-state index contributed by atoms with van der Waals surface area (Å²) in [5.74, 6) is -1.77. The molecule has 0 unspecified atom stereocenters. The fourth-order valence-corrected chi connectivity index (χ4v) is 1.23. The van der Waals surface area contributed by atoms with Crippen LogP contribution >= 0.6 is 0 Å². The summed E-state index contributed by atoms with van der Waals surface area (Å²) >= 11 is 0. The van der Waals surface area contributed by atoms with Crippen molar-refractivity contribution < 1.29 is 23.8 Å². The van der Waals surface area contributed by atoms with Crippen molar-refractivity contribution in [2.45, 2.75) is 0 Å². The van der Waals surface area contributed by atoms with Gasteiger partial charge >= 0.3 is 5.97 Å². The molecule has 0 bridgehead atoms. The van der Waals surface area contributed by atoms with Crippen LogP contribution in [0.3, 0.4) is 0 Å². The van der Waals surface area contributed by atoms with Crippen LogP contribution in [0, 0.1) is 5.82 Å². The number of hydrogen-bond acceptors (Lipinski definition) is 3. The van der Waals surface area contributed by atoms with Gasteiger partial charge < -0.3 is 14.6 Å². The largest absolute Gasteiger partial charge is 0.486 e. The van der Waals surface area contributed by atoms with Gasteiger partial charge in [-0.15, -0.1) is 0 Å². The Morgan fingerprint density at radius 1 is 1.36 bits per heavy atom. The topological polar surface area (TPSA) is 55.8 Å². The molecule has 0 radical (unpaired) electrons. The molecule has 0 spiro atoms. The summed E-state index contributed by atoms with van der Waals surface area (Å²) in [6.45, 7) is 0.575. The highest BCUT2D eigenvalue weighted by Crippen LogP contribution is 2.33. The van der Waals surface area contributed by atoms with Crippen LogP contribution in [0.5, 0.6) is 11.5 Å². The molecule has 1 aromatic rings. The summed E-state index contributed by atoms with van der Waals surface area (Å²) in [4.78, 5) is 10.6. The maximum absolute atomic E-state index is 13.2. The first-order valence-electron chi connectivity index (χ1n) is 4.01. The molecule has 0 saturated heterocycles. The minimum atomic E-state index is -1.19. The third-order valence-electron chi connectivity index (χ3n) is 1.84. The molecule has 0 aromatic heterocycles. The van der Waals surface area contributed by atoms with Crippen molar-refractivity contribution in [2.75, 3.05) is 13.2 Å². The number of aromatic carboxylic acids is 1. The van der Waals surface area contributed by atoms with Gasteiger partial charge in [-0.3, -0.25) is 0 Å². The normalized spacial score (nSPS) is 13.8. The lowest BCUT2D eigenvalue weighted by Crippen LogP contribution is -2.17. The number of fused-ring (bicyclic) bond motifs is 1. The van der Waals surface area contributed by atoms with Crippen molar-refractivity contribution in [1.29, 1.82) is 0 Å². The van der Waals surface area contributed by atoms with E-state index in [9.17, 15) is 9.18 Å². The number of rotatable bonds is 1. The Kier molecular flexibility index (Phi) is 1.99. The molecular weight excluding hydrogens is 191 g/mol. The Bertz CT molecular complexity index is 389. The fourth-order valence-electron chi connectivity index (χ4n) is 1.23. The Balaban J connectivity index is 2.51. The van der Waals surface area contributed by atoms with E-state index in [1.165, 1.54) is 6.07 Å². The molecule has 0 atom stereocenters. The Hall–Kier alpha value is -1.78. The van der Waals surface area contributed by atoms with Crippen molar-refractivity contribution in [1.82, 2.24) is 0 Å². The molecule has 0 saturated carbocycles. The van der Waals surface area contributed by atoms with Gasteiger partial charge in [0.2, 0.25) is 0 Å². The highest BCUT2D eigenvalue weighted by atomic mass is 19.1. The Labute approximate surface area is 78.9 Å². The van der Waals surface area contributed by atoms with E-state index in [0.717, 1.165) is 6.07 Å². The van der Waals surface area contributed by atoms with Crippen molar-refractivity contribution in [3.8, 4) is 11.5 Å². The summed E-state index contributed by atoms with van der Waals surface area (Å²) in [5, 5.41) is 8.65. The molecule has 74 valence electrons. The molecule has 14 heavy (non-hydrogen) atoms. The van der Waals surface area contributed by atoms with E-state index in [1.54, 1.807) is 0 Å². The zero-order chi connectivity index (χ0) is 10.1. The number of hydrogen-bond donors (Lipinski definition) is 1. The van der Waals surface area contributed by atoms with E-state index >= 15 is 0 Å². The van der Waals surface area contributed by atoms with E-state index in [1.807, 2.05) is 0 Å². The predicted octanol–water partition coefficient (Wildman–Crippen LogP) is 1.30. The van der Waals surface area contributed by atoms with Crippen molar-refractivity contribution >= 4 is 5.97 Å². The third kappa shape index (κ3) is 1.37. The molecule has 0 amide bonds. The van der Waals surface area contributed by atoms with Crippen molar-refractivity contribution in [3.63, 3.8) is 0 Å². The maximum Gasteiger partial charge on any atom is 0.335 e. The van der Waals surface area contributed by atoms with Crippen LogP contribution in [-0.2, 0) is 0 Å². The Morgan fingerprint density at radius 3 is 2.79 bits per heavy atom. The lowest BCUT2D eigenvalue weighted by Gasteiger charge is -2.18. The van der Waals surface area contributed by atoms with Gasteiger partial charge in [0.25, 0.3) is 0 Å². The summed E-state index contributed by atoms with van der Waals surface area (Å²) in [6, 6.07) is 2.16. The number of ether oxygens (including phenoxy) is 2. The number of benzene rings is 1. The van der Waals surface area contributed by atoms with Gasteiger partial charge in [-0.25, -0.2) is 9.18 Å². The van der Waals surface area contributed by atoms with Gasteiger partial charge in [-0.1, -0.05) is 0 Å². The summed E-state index contributed by atoms with van der Waals surface area (Å²) in [5.41, 5.74) is -0.147. The predicted molar refractivity (Wildman–Crippen MR) is 44.3 cm³/mol. The first-order chi connectivity index (χ1) is 6.68. The van der Waals surface area contributed by atoms with E-state index < -0.39 is 11.8 Å². The lowest BCUT2D eigenvalue weighted by atomic mass is 10.2. The monoisotopic (exact) mass is 198 g/mol. The van der Waals surface area contributed by atoms with Crippen molar-refractivity contribution in [3.05, 3.63) is 23.5 Å². The van der Waals surface area contributed by atoms with Crippen LogP contribution in [0.2, 0.25) is 0 Å². The molecule has 2 rings (SSSR count). The standard InChI is InChI=1S/C9H7FO4/c10-6-3-5(9(11)12)4-7-8(6)14-2-1-13-7/h3-4H,1-2H2,(H,11,12). The minimum Gasteiger partial charge on any atom is -0.486 e. The SMILES string of the molecule is O=C(O)c1cc(F)c2c(c1)OCCO2. The smallest absolute Gasteiger partial charge is 0.335 e. The fraction of sp³-hybridized carbons (Fsp3) is 0.222. The summed E-state index contributed by atoms with van der Waals surface area (Å²) < 4.78 is 23.3. The second-order valence-corrected chi connectivity index (χ2v) is 2.79. The zero-order valence-electron chi connectivity index (χ0n) is 7.12. The van der Waals surface area contributed by atoms with Gasteiger partial charge in [-0.2, -0.15) is 0 Å².